The Kier molecular flexibility index (Phi) is 4.74. The van der Waals surface area contributed by atoms with Crippen molar-refractivity contribution in [1.82, 2.24) is 5.32 Å². The lowest BCUT2D eigenvalue weighted by molar-refractivity contribution is 0.0378. The topological polar surface area (TPSA) is 79.9 Å². The van der Waals surface area contributed by atoms with Gasteiger partial charge < -0.3 is 20.1 Å². The maximum atomic E-state index is 13.1. The minimum atomic E-state index is -0.876. The van der Waals surface area contributed by atoms with Gasteiger partial charge in [-0.15, -0.1) is 0 Å². The van der Waals surface area contributed by atoms with Crippen LogP contribution in [0.1, 0.15) is 35.3 Å². The van der Waals surface area contributed by atoms with Crippen LogP contribution in [-0.4, -0.2) is 24.8 Å². The van der Waals surface area contributed by atoms with Crippen molar-refractivity contribution in [3.05, 3.63) is 83.9 Å². The lowest BCUT2D eigenvalue weighted by Gasteiger charge is -2.50. The normalized spacial score (nSPS) is 21.1. The van der Waals surface area contributed by atoms with Crippen LogP contribution in [0.4, 0.5) is 16.2 Å². The number of amides is 3. The summed E-state index contributed by atoms with van der Waals surface area (Å²) in [4.78, 5) is 27.6. The number of hydrogen-bond acceptors (Lipinski definition) is 4. The van der Waals surface area contributed by atoms with Gasteiger partial charge in [-0.05, 0) is 43.3 Å². The second-order valence-corrected chi connectivity index (χ2v) is 8.06. The third-order valence-corrected chi connectivity index (χ3v) is 5.90. The van der Waals surface area contributed by atoms with Crippen LogP contribution in [0.3, 0.4) is 0 Å². The number of para-hydroxylation sites is 3. The molecule has 0 aliphatic carbocycles. The molecule has 2 aliphatic rings. The zero-order valence-electron chi connectivity index (χ0n) is 17.8. The molecule has 1 saturated heterocycles. The summed E-state index contributed by atoms with van der Waals surface area (Å²) in [6, 6.07) is 21.5. The van der Waals surface area contributed by atoms with Crippen molar-refractivity contribution in [1.29, 1.82) is 0 Å². The summed E-state index contributed by atoms with van der Waals surface area (Å²) in [7, 11) is 1.55. The number of carbonyl (C=O) groups excluding carboxylic acids is 2. The third kappa shape index (κ3) is 3.32. The number of methoxy groups -OCH3 is 1. The molecule has 2 N–H and O–H groups in total. The molecule has 2 bridgehead atoms. The minimum Gasteiger partial charge on any atom is -0.495 e. The third-order valence-electron chi connectivity index (χ3n) is 5.90. The van der Waals surface area contributed by atoms with E-state index in [9.17, 15) is 9.59 Å². The molecule has 0 saturated carbocycles. The maximum absolute atomic E-state index is 13.1. The smallest absolute Gasteiger partial charge is 0.325 e. The quantitative estimate of drug-likeness (QED) is 0.629. The predicted molar refractivity (Wildman–Crippen MR) is 121 cm³/mol. The highest BCUT2D eigenvalue weighted by molar-refractivity contribution is 6.06. The number of carbonyl (C=O) groups is 2. The van der Waals surface area contributed by atoms with E-state index in [2.05, 4.69) is 10.6 Å². The molecule has 3 aromatic rings. The van der Waals surface area contributed by atoms with Crippen molar-refractivity contribution >= 4 is 23.3 Å². The van der Waals surface area contributed by atoms with E-state index in [-0.39, 0.29) is 18.0 Å². The van der Waals surface area contributed by atoms with Gasteiger partial charge in [0.05, 0.1) is 24.5 Å². The Bertz CT molecular complexity index is 1210. The number of urea groups is 1. The molecular weight excluding hydrogens is 406 g/mol. The molecule has 2 atom stereocenters. The van der Waals surface area contributed by atoms with Crippen molar-refractivity contribution in [2.24, 2.45) is 0 Å². The number of benzene rings is 3. The number of nitrogens with one attached hydrogen (secondary N) is 2. The zero-order valence-corrected chi connectivity index (χ0v) is 17.8. The highest BCUT2D eigenvalue weighted by atomic mass is 16.5. The molecule has 2 unspecified atom stereocenters. The molecule has 2 aliphatic heterocycles. The maximum Gasteiger partial charge on any atom is 0.325 e. The molecule has 3 aromatic carbocycles. The first-order valence-corrected chi connectivity index (χ1v) is 10.4. The van der Waals surface area contributed by atoms with Gasteiger partial charge in [-0.25, -0.2) is 4.79 Å². The summed E-state index contributed by atoms with van der Waals surface area (Å²) >= 11 is 0. The first-order chi connectivity index (χ1) is 15.5. The Labute approximate surface area is 185 Å². The lowest BCUT2D eigenvalue weighted by atomic mass is 9.90. The first kappa shape index (κ1) is 19.9. The molecule has 7 nitrogen and oxygen atoms in total. The summed E-state index contributed by atoms with van der Waals surface area (Å²) < 4.78 is 11.6. The van der Waals surface area contributed by atoms with E-state index in [4.69, 9.17) is 9.47 Å². The Morgan fingerprint density at radius 2 is 1.91 bits per heavy atom. The fourth-order valence-corrected chi connectivity index (χ4v) is 4.44. The van der Waals surface area contributed by atoms with Gasteiger partial charge >= 0.3 is 6.03 Å². The molecule has 2 heterocycles. The average Bonchev–Trinajstić information content (AvgIpc) is 2.79. The second-order valence-electron chi connectivity index (χ2n) is 8.06. The average molecular weight is 429 g/mol. The van der Waals surface area contributed by atoms with Crippen LogP contribution in [0.5, 0.6) is 11.5 Å². The Hall–Kier alpha value is -4.00. The molecule has 32 heavy (non-hydrogen) atoms. The van der Waals surface area contributed by atoms with Gasteiger partial charge in [0.25, 0.3) is 5.91 Å². The number of rotatable bonds is 4. The van der Waals surface area contributed by atoms with Crippen LogP contribution < -0.4 is 25.0 Å². The second kappa shape index (κ2) is 7.60. The number of hydrogen-bond donors (Lipinski definition) is 2. The van der Waals surface area contributed by atoms with E-state index in [1.165, 1.54) is 0 Å². The van der Waals surface area contributed by atoms with E-state index in [1.54, 1.807) is 48.4 Å². The largest absolute Gasteiger partial charge is 0.495 e. The van der Waals surface area contributed by atoms with Crippen LogP contribution in [0, 0.1) is 0 Å². The first-order valence-electron chi connectivity index (χ1n) is 10.4. The highest BCUT2D eigenvalue weighted by Crippen LogP contribution is 2.45. The number of nitrogens with zero attached hydrogens (tertiary/aromatic N) is 1. The van der Waals surface area contributed by atoms with Gasteiger partial charge in [0.15, 0.2) is 5.72 Å². The summed E-state index contributed by atoms with van der Waals surface area (Å²) in [5, 5.41) is 5.94. The van der Waals surface area contributed by atoms with E-state index in [1.807, 2.05) is 43.3 Å². The van der Waals surface area contributed by atoms with Crippen LogP contribution >= 0.6 is 0 Å². The van der Waals surface area contributed by atoms with Crippen molar-refractivity contribution in [2.75, 3.05) is 17.3 Å². The van der Waals surface area contributed by atoms with Crippen molar-refractivity contribution in [2.45, 2.75) is 25.1 Å². The van der Waals surface area contributed by atoms with E-state index in [0.29, 0.717) is 29.1 Å². The SMILES string of the molecule is COc1ccccc1NC(=O)c1cccc(N2C(=O)NC3CC2(C)Oc2ccccc23)c1. The monoisotopic (exact) mass is 429 g/mol. The van der Waals surface area contributed by atoms with Crippen LogP contribution in [0.25, 0.3) is 0 Å². The molecule has 0 aromatic heterocycles. The molecule has 0 spiro atoms. The van der Waals surface area contributed by atoms with E-state index < -0.39 is 5.72 Å². The van der Waals surface area contributed by atoms with Crippen molar-refractivity contribution in [3.8, 4) is 11.5 Å². The molecule has 1 fully saturated rings. The fourth-order valence-electron chi connectivity index (χ4n) is 4.44. The van der Waals surface area contributed by atoms with Gasteiger partial charge in [-0.3, -0.25) is 9.69 Å². The zero-order chi connectivity index (χ0) is 22.3. The summed E-state index contributed by atoms with van der Waals surface area (Å²) in [6.45, 7) is 1.90. The predicted octanol–water partition coefficient (Wildman–Crippen LogP) is 4.72. The molecule has 0 radical (unpaired) electrons. The molecular formula is C25H23N3O4. The summed E-state index contributed by atoms with van der Waals surface area (Å²) in [6.07, 6.45) is 0.591. The standard InChI is InChI=1S/C25H23N3O4/c1-25-15-20(18-10-3-5-12-21(18)32-25)27-24(30)28(25)17-9-7-8-16(14-17)23(29)26-19-11-4-6-13-22(19)31-2/h3-14,20H,15H2,1-2H3,(H,26,29)(H,27,30). The van der Waals surface area contributed by atoms with Crippen LogP contribution in [0.15, 0.2) is 72.8 Å². The van der Waals surface area contributed by atoms with Gasteiger partial charge in [0.2, 0.25) is 0 Å². The minimum absolute atomic E-state index is 0.120. The number of fused-ring (bicyclic) bond motifs is 4. The Morgan fingerprint density at radius 3 is 2.75 bits per heavy atom. The van der Waals surface area contributed by atoms with Crippen LogP contribution in [-0.2, 0) is 0 Å². The van der Waals surface area contributed by atoms with Gasteiger partial charge in [-0.2, -0.15) is 0 Å². The Balaban J connectivity index is 1.45. The lowest BCUT2D eigenvalue weighted by Crippen LogP contribution is -2.65. The van der Waals surface area contributed by atoms with Crippen LogP contribution in [0.2, 0.25) is 0 Å². The Morgan fingerprint density at radius 1 is 1.12 bits per heavy atom. The summed E-state index contributed by atoms with van der Waals surface area (Å²) in [5.74, 6) is 1.02. The molecule has 7 heteroatoms. The van der Waals surface area contributed by atoms with Gasteiger partial charge in [0, 0.05) is 17.5 Å². The van der Waals surface area contributed by atoms with Gasteiger partial charge in [0.1, 0.15) is 11.5 Å². The molecule has 162 valence electrons. The number of anilines is 2. The fraction of sp³-hybridized carbons (Fsp3) is 0.200. The highest BCUT2D eigenvalue weighted by Gasteiger charge is 2.49. The van der Waals surface area contributed by atoms with E-state index >= 15 is 0 Å². The van der Waals surface area contributed by atoms with Gasteiger partial charge in [-0.1, -0.05) is 36.4 Å². The number of ether oxygens (including phenoxy) is 2. The molecule has 5 rings (SSSR count). The summed E-state index contributed by atoms with van der Waals surface area (Å²) in [5.41, 5.74) is 1.67. The van der Waals surface area contributed by atoms with Crippen molar-refractivity contribution < 1.29 is 19.1 Å². The van der Waals surface area contributed by atoms with E-state index in [0.717, 1.165) is 11.3 Å². The molecule has 3 amide bonds. The van der Waals surface area contributed by atoms with Crippen molar-refractivity contribution in [3.63, 3.8) is 0 Å².